The van der Waals surface area contributed by atoms with Crippen LogP contribution in [0.15, 0.2) is 77.2 Å². The van der Waals surface area contributed by atoms with Crippen molar-refractivity contribution in [3.05, 3.63) is 99.4 Å². The quantitative estimate of drug-likeness (QED) is 0.0572. The first-order chi connectivity index (χ1) is 33.4. The van der Waals surface area contributed by atoms with Crippen molar-refractivity contribution in [2.45, 2.75) is 94.0 Å². The molecule has 20 heteroatoms. The summed E-state index contributed by atoms with van der Waals surface area (Å²) in [5.74, 6) is -2.01. The Morgan fingerprint density at radius 1 is 1.06 bits per heavy atom. The molecular formula is C50H49ClN6O11S2. The first-order valence-electron chi connectivity index (χ1n) is 23.2. The van der Waals surface area contributed by atoms with Gasteiger partial charge in [0.1, 0.15) is 21.5 Å². The molecule has 1 aliphatic carbocycles. The molecule has 2 aromatic heterocycles. The van der Waals surface area contributed by atoms with Crippen molar-refractivity contribution in [1.82, 2.24) is 14.6 Å². The van der Waals surface area contributed by atoms with Crippen LogP contribution in [0.4, 0.5) is 17.4 Å². The van der Waals surface area contributed by atoms with Crippen LogP contribution in [0.5, 0.6) is 5.75 Å². The van der Waals surface area contributed by atoms with Gasteiger partial charge in [-0.3, -0.25) is 24.6 Å². The molecule has 17 nitrogen and oxygen atoms in total. The van der Waals surface area contributed by atoms with Gasteiger partial charge in [0.25, 0.3) is 11.9 Å². The molecule has 5 aliphatic rings. The standard InChI is InChI=1S/C50H49ClN6O11S2/c1-50(2)21-29(52-28-6-3-5-26(18-28)44-42(51)43(67-23-40(59)60)45(69-44)48(63)64)15-16-56(50)70(65,66)24-25-9-13-38-35(17-25)53-49(68-38)55-22-27-19-30(55)20-34(27)31-10-11-36-41-32(31)7-4-8-33(41)47(62)57(36)37-12-14-39(58)54-46(37)61/h3-11,13,17-18,27,29-30,34,37,48,52,63-64H,12,14-16,19-24H2,1-2H3,(H,59,60)(H,54,58,61). The molecule has 5 unspecified atom stereocenters. The lowest BCUT2D eigenvalue weighted by Gasteiger charge is -2.45. The van der Waals surface area contributed by atoms with Gasteiger partial charge >= 0.3 is 5.97 Å². The van der Waals surface area contributed by atoms with E-state index in [-0.39, 0.29) is 64.1 Å². The van der Waals surface area contributed by atoms with Crippen molar-refractivity contribution in [1.29, 1.82) is 0 Å². The van der Waals surface area contributed by atoms with Gasteiger partial charge in [-0.25, -0.2) is 13.2 Å². The van der Waals surface area contributed by atoms with Gasteiger partial charge < -0.3 is 34.7 Å². The van der Waals surface area contributed by atoms with Crippen LogP contribution < -0.4 is 25.2 Å². The van der Waals surface area contributed by atoms with Gasteiger partial charge in [0.15, 0.2) is 24.2 Å². The smallest absolute Gasteiger partial charge is 0.341 e. The average Bonchev–Trinajstić information content (AvgIpc) is 4.14. The molecule has 6 heterocycles. The third-order valence-electron chi connectivity index (χ3n) is 14.6. The van der Waals surface area contributed by atoms with E-state index in [2.05, 4.69) is 27.7 Å². The van der Waals surface area contributed by atoms with Crippen LogP contribution >= 0.6 is 22.9 Å². The van der Waals surface area contributed by atoms with Crippen molar-refractivity contribution in [2.75, 3.05) is 34.8 Å². The number of carboxylic acids is 1. The number of halogens is 1. The van der Waals surface area contributed by atoms with Crippen molar-refractivity contribution in [2.24, 2.45) is 5.92 Å². The number of benzene rings is 4. The third-order valence-corrected chi connectivity index (χ3v) is 18.4. The molecule has 4 fully saturated rings. The number of carboxylic acid groups (broad SMARTS) is 1. The zero-order valence-corrected chi connectivity index (χ0v) is 40.4. The van der Waals surface area contributed by atoms with E-state index in [4.69, 9.17) is 30.8 Å². The Balaban J connectivity index is 0.743. The number of aromatic nitrogens is 1. The Kier molecular flexibility index (Phi) is 11.5. The maximum Gasteiger partial charge on any atom is 0.341 e. The predicted molar refractivity (Wildman–Crippen MR) is 263 cm³/mol. The lowest BCUT2D eigenvalue weighted by Crippen LogP contribution is -2.55. The van der Waals surface area contributed by atoms with E-state index in [9.17, 15) is 37.8 Å². The Morgan fingerprint density at radius 2 is 1.87 bits per heavy atom. The fraction of sp³-hybridized carbons (Fsp3) is 0.380. The zero-order valence-electron chi connectivity index (χ0n) is 38.1. The van der Waals surface area contributed by atoms with Gasteiger partial charge in [0, 0.05) is 53.8 Å². The molecule has 4 aliphatic heterocycles. The van der Waals surface area contributed by atoms with Crippen molar-refractivity contribution in [3.8, 4) is 16.2 Å². The SMILES string of the molecule is CC1(C)CC(Nc2cccc(-c3sc(C(O)O)c(OCC(=O)O)c3Cl)c2)CCN1S(=O)(=O)Cc1ccc2oc(N3CC4CC3CC4c3ccc4c5c(cccc35)C(=O)N4C3CCC(=O)NC3=O)nc2c1. The summed E-state index contributed by atoms with van der Waals surface area (Å²) in [5, 5.41) is 36.8. The summed E-state index contributed by atoms with van der Waals surface area (Å²) < 4.78 is 41.6. The number of thiophene rings is 1. The van der Waals surface area contributed by atoms with Crippen LogP contribution in [0.3, 0.4) is 0 Å². The number of ether oxygens (including phenoxy) is 1. The number of aliphatic hydroxyl groups excluding tert-OH is 1. The fourth-order valence-electron chi connectivity index (χ4n) is 11.7. The lowest BCUT2D eigenvalue weighted by atomic mass is 9.84. The van der Waals surface area contributed by atoms with E-state index in [0.717, 1.165) is 47.2 Å². The summed E-state index contributed by atoms with van der Waals surface area (Å²) in [5.41, 5.74) is 4.87. The number of piperidine rings is 3. The molecule has 1 saturated carbocycles. The summed E-state index contributed by atoms with van der Waals surface area (Å²) >= 11 is 7.57. The lowest BCUT2D eigenvalue weighted by molar-refractivity contribution is -0.139. The molecule has 6 aromatic rings. The number of carbonyl (C=O) groups excluding carboxylic acids is 3. The number of anilines is 3. The van der Waals surface area contributed by atoms with E-state index in [1.165, 1.54) is 5.56 Å². The van der Waals surface area contributed by atoms with Crippen LogP contribution in [0, 0.1) is 5.92 Å². The predicted octanol–water partition coefficient (Wildman–Crippen LogP) is 7.14. The van der Waals surface area contributed by atoms with Gasteiger partial charge in [-0.1, -0.05) is 48.0 Å². The van der Waals surface area contributed by atoms with Crippen LogP contribution in [0.1, 0.15) is 90.9 Å². The summed E-state index contributed by atoms with van der Waals surface area (Å²) in [6.07, 6.45) is 1.40. The highest BCUT2D eigenvalue weighted by Gasteiger charge is 2.48. The van der Waals surface area contributed by atoms with E-state index >= 15 is 0 Å². The number of rotatable bonds is 13. The summed E-state index contributed by atoms with van der Waals surface area (Å²) in [4.78, 5) is 58.8. The molecular weight excluding hydrogens is 960 g/mol. The molecule has 364 valence electrons. The number of imide groups is 1. The highest BCUT2D eigenvalue weighted by molar-refractivity contribution is 7.88. The van der Waals surface area contributed by atoms with Crippen molar-refractivity contribution in [3.63, 3.8) is 0 Å². The number of nitrogens with one attached hydrogen (secondary N) is 2. The van der Waals surface area contributed by atoms with Crippen molar-refractivity contribution < 1.29 is 52.1 Å². The van der Waals surface area contributed by atoms with Crippen LogP contribution in [-0.2, 0) is 30.2 Å². The molecule has 4 aromatic carbocycles. The first-order valence-corrected chi connectivity index (χ1v) is 26.0. The summed E-state index contributed by atoms with van der Waals surface area (Å²) in [7, 11) is -3.77. The number of carbonyl (C=O) groups is 4. The minimum Gasteiger partial charge on any atom is -0.479 e. The van der Waals surface area contributed by atoms with Crippen LogP contribution in [-0.4, -0.2) is 100 Å². The highest BCUT2D eigenvalue weighted by atomic mass is 35.5. The Morgan fingerprint density at radius 3 is 2.61 bits per heavy atom. The maximum atomic E-state index is 14.2. The largest absolute Gasteiger partial charge is 0.479 e. The number of hydrogen-bond acceptors (Lipinski definition) is 14. The molecule has 0 spiro atoms. The first kappa shape index (κ1) is 46.3. The topological polar surface area (TPSA) is 232 Å². The average molecular weight is 1010 g/mol. The normalized spacial score (nSPS) is 23.3. The monoisotopic (exact) mass is 1010 g/mol. The number of oxazole rings is 1. The van der Waals surface area contributed by atoms with E-state index < -0.39 is 46.4 Å². The zero-order chi connectivity index (χ0) is 49.0. The number of nitrogens with zero attached hydrogens (tertiary/aromatic N) is 4. The minimum atomic E-state index is -3.77. The molecule has 5 atom stereocenters. The number of amides is 3. The number of hydrogen-bond donors (Lipinski definition) is 5. The van der Waals surface area contributed by atoms with Crippen LogP contribution in [0.25, 0.3) is 32.3 Å². The summed E-state index contributed by atoms with van der Waals surface area (Å²) in [6.45, 7) is 4.16. The number of fused-ring (bicyclic) bond motifs is 3. The molecule has 0 radical (unpaired) electrons. The summed E-state index contributed by atoms with van der Waals surface area (Å²) in [6, 6.07) is 22.4. The third kappa shape index (κ3) is 8.05. The van der Waals surface area contributed by atoms with Gasteiger partial charge in [-0.05, 0) is 116 Å². The van der Waals surface area contributed by atoms with Gasteiger partial charge in [0.05, 0.1) is 16.3 Å². The second-order valence-corrected chi connectivity index (χ2v) is 22.9. The molecule has 3 saturated heterocycles. The van der Waals surface area contributed by atoms with Gasteiger partial charge in [-0.15, -0.1) is 11.3 Å². The van der Waals surface area contributed by atoms with Crippen LogP contribution in [0.2, 0.25) is 5.02 Å². The molecule has 11 rings (SSSR count). The van der Waals surface area contributed by atoms with E-state index in [1.807, 2.05) is 50.2 Å². The minimum absolute atomic E-state index is 0.0121. The molecule has 3 amide bonds. The molecule has 70 heavy (non-hydrogen) atoms. The maximum absolute atomic E-state index is 14.2. The van der Waals surface area contributed by atoms with Gasteiger partial charge in [0.2, 0.25) is 21.8 Å². The second-order valence-electron chi connectivity index (χ2n) is 19.5. The molecule has 5 N–H and O–H groups in total. The van der Waals surface area contributed by atoms with Gasteiger partial charge in [-0.2, -0.15) is 9.29 Å². The highest BCUT2D eigenvalue weighted by Crippen LogP contribution is 2.53. The fourth-order valence-corrected chi connectivity index (χ4v) is 15.1. The second kappa shape index (κ2) is 17.3. The number of sulfonamides is 1. The Labute approximate surface area is 411 Å². The van der Waals surface area contributed by atoms with Crippen molar-refractivity contribution >= 4 is 95.9 Å². The molecule has 2 bridgehead atoms. The number of aliphatic hydroxyl groups is 2. The number of aliphatic carboxylic acids is 1. The Bertz CT molecular complexity index is 3280. The van der Waals surface area contributed by atoms with E-state index in [0.29, 0.717) is 69.7 Å². The van der Waals surface area contributed by atoms with E-state index in [1.54, 1.807) is 33.5 Å². The Hall–Kier alpha value is -6.09.